The molecule has 0 bridgehead atoms. The zero-order chi connectivity index (χ0) is 6.85. The van der Waals surface area contributed by atoms with E-state index in [1.807, 2.05) is 0 Å². The molecule has 0 spiro atoms. The molecule has 1 atom stereocenters. The van der Waals surface area contributed by atoms with Crippen LogP contribution < -0.4 is 5.32 Å². The predicted molar refractivity (Wildman–Crippen MR) is 31.8 cm³/mol. The molecule has 4 heteroatoms. The van der Waals surface area contributed by atoms with Gasteiger partial charge in [-0.25, -0.2) is 4.79 Å². The van der Waals surface area contributed by atoms with Crippen LogP contribution in [-0.4, -0.2) is 35.4 Å². The van der Waals surface area contributed by atoms with E-state index in [0.717, 1.165) is 0 Å². The van der Waals surface area contributed by atoms with Crippen LogP contribution >= 0.6 is 0 Å². The standard InChI is InChI=1S/C5H10N2O2/c1-4(8)7-3-2-6-5(7)9/h4,8H,2-3H2,1H3,(H,6,9). The van der Waals surface area contributed by atoms with Gasteiger partial charge in [0, 0.05) is 13.1 Å². The summed E-state index contributed by atoms with van der Waals surface area (Å²) in [4.78, 5) is 12.0. The zero-order valence-electron chi connectivity index (χ0n) is 5.29. The molecule has 0 aromatic rings. The Balaban J connectivity index is 2.49. The van der Waals surface area contributed by atoms with E-state index in [1.54, 1.807) is 6.92 Å². The van der Waals surface area contributed by atoms with Crippen LogP contribution in [0.1, 0.15) is 6.92 Å². The summed E-state index contributed by atoms with van der Waals surface area (Å²) in [7, 11) is 0. The molecule has 1 saturated heterocycles. The van der Waals surface area contributed by atoms with Gasteiger partial charge >= 0.3 is 6.03 Å². The first-order chi connectivity index (χ1) is 4.22. The summed E-state index contributed by atoms with van der Waals surface area (Å²) in [5.41, 5.74) is 0. The summed E-state index contributed by atoms with van der Waals surface area (Å²) < 4.78 is 0. The number of hydrogen-bond acceptors (Lipinski definition) is 2. The quantitative estimate of drug-likeness (QED) is 0.495. The fourth-order valence-electron chi connectivity index (χ4n) is 0.843. The lowest BCUT2D eigenvalue weighted by Crippen LogP contribution is -2.35. The molecule has 0 aromatic carbocycles. The number of hydrogen-bond donors (Lipinski definition) is 2. The predicted octanol–water partition coefficient (Wildman–Crippen LogP) is -0.650. The van der Waals surface area contributed by atoms with Crippen molar-refractivity contribution in [1.82, 2.24) is 10.2 Å². The average molecular weight is 130 g/mol. The first-order valence-corrected chi connectivity index (χ1v) is 2.94. The van der Waals surface area contributed by atoms with E-state index >= 15 is 0 Å². The molecule has 0 aromatic heterocycles. The number of aliphatic hydroxyl groups is 1. The molecule has 9 heavy (non-hydrogen) atoms. The third-order valence-corrected chi connectivity index (χ3v) is 1.34. The number of carbonyl (C=O) groups excluding carboxylic acids is 1. The third-order valence-electron chi connectivity index (χ3n) is 1.34. The Labute approximate surface area is 53.5 Å². The lowest BCUT2D eigenvalue weighted by molar-refractivity contribution is 0.0601. The molecule has 1 fully saturated rings. The van der Waals surface area contributed by atoms with Crippen molar-refractivity contribution in [3.63, 3.8) is 0 Å². The first kappa shape index (κ1) is 6.35. The molecule has 0 aliphatic carbocycles. The number of aliphatic hydroxyl groups excluding tert-OH is 1. The van der Waals surface area contributed by atoms with E-state index in [0.29, 0.717) is 13.1 Å². The van der Waals surface area contributed by atoms with Crippen molar-refractivity contribution >= 4 is 6.03 Å². The lowest BCUT2D eigenvalue weighted by Gasteiger charge is -2.16. The maximum absolute atomic E-state index is 10.7. The molecular weight excluding hydrogens is 120 g/mol. The summed E-state index contributed by atoms with van der Waals surface area (Å²) in [6.45, 7) is 2.82. The van der Waals surface area contributed by atoms with Gasteiger partial charge < -0.3 is 10.4 Å². The molecular formula is C5H10N2O2. The highest BCUT2D eigenvalue weighted by Gasteiger charge is 2.22. The van der Waals surface area contributed by atoms with E-state index in [2.05, 4.69) is 5.32 Å². The van der Waals surface area contributed by atoms with Crippen molar-refractivity contribution in [2.45, 2.75) is 13.2 Å². The van der Waals surface area contributed by atoms with Gasteiger partial charge in [-0.3, -0.25) is 4.90 Å². The van der Waals surface area contributed by atoms with Gasteiger partial charge in [-0.05, 0) is 6.92 Å². The molecule has 0 radical (unpaired) electrons. The van der Waals surface area contributed by atoms with Crippen molar-refractivity contribution in [3.05, 3.63) is 0 Å². The highest BCUT2D eigenvalue weighted by molar-refractivity contribution is 5.76. The highest BCUT2D eigenvalue weighted by Crippen LogP contribution is 1.99. The normalized spacial score (nSPS) is 22.0. The van der Waals surface area contributed by atoms with E-state index < -0.39 is 6.23 Å². The number of amides is 2. The third kappa shape index (κ3) is 1.13. The lowest BCUT2D eigenvalue weighted by atomic mass is 10.5. The molecule has 4 nitrogen and oxygen atoms in total. The summed E-state index contributed by atoms with van der Waals surface area (Å²) in [6, 6.07) is -0.176. The van der Waals surface area contributed by atoms with Crippen LogP contribution in [0, 0.1) is 0 Å². The number of nitrogens with one attached hydrogen (secondary N) is 1. The second-order valence-electron chi connectivity index (χ2n) is 2.06. The Hall–Kier alpha value is -0.770. The van der Waals surface area contributed by atoms with Crippen molar-refractivity contribution < 1.29 is 9.90 Å². The molecule has 1 aliphatic heterocycles. The van der Waals surface area contributed by atoms with Gasteiger partial charge in [-0.15, -0.1) is 0 Å². The van der Waals surface area contributed by atoms with Crippen molar-refractivity contribution in [2.24, 2.45) is 0 Å². The van der Waals surface area contributed by atoms with Gasteiger partial charge in [-0.1, -0.05) is 0 Å². The maximum Gasteiger partial charge on any atom is 0.319 e. The molecule has 2 amide bonds. The van der Waals surface area contributed by atoms with E-state index in [4.69, 9.17) is 5.11 Å². The van der Waals surface area contributed by atoms with Crippen LogP contribution in [0.2, 0.25) is 0 Å². The Bertz CT molecular complexity index is 124. The number of carbonyl (C=O) groups is 1. The van der Waals surface area contributed by atoms with Crippen LogP contribution in [0.5, 0.6) is 0 Å². The largest absolute Gasteiger partial charge is 0.374 e. The monoisotopic (exact) mass is 130 g/mol. The second-order valence-corrected chi connectivity index (χ2v) is 2.06. The van der Waals surface area contributed by atoms with Crippen LogP contribution in [-0.2, 0) is 0 Å². The van der Waals surface area contributed by atoms with Crippen molar-refractivity contribution in [1.29, 1.82) is 0 Å². The average Bonchev–Trinajstić information content (AvgIpc) is 2.13. The van der Waals surface area contributed by atoms with Crippen LogP contribution in [0.4, 0.5) is 4.79 Å². The van der Waals surface area contributed by atoms with Crippen molar-refractivity contribution in [3.8, 4) is 0 Å². The van der Waals surface area contributed by atoms with E-state index in [9.17, 15) is 4.79 Å². The topological polar surface area (TPSA) is 52.6 Å². The molecule has 0 saturated carbocycles. The summed E-state index contributed by atoms with van der Waals surface area (Å²) >= 11 is 0. The minimum atomic E-state index is -0.660. The van der Waals surface area contributed by atoms with Gasteiger partial charge in [0.25, 0.3) is 0 Å². The molecule has 1 rings (SSSR count). The van der Waals surface area contributed by atoms with Gasteiger partial charge in [0.15, 0.2) is 0 Å². The Morgan fingerprint density at radius 3 is 2.78 bits per heavy atom. The van der Waals surface area contributed by atoms with Gasteiger partial charge in [0.1, 0.15) is 6.23 Å². The molecule has 1 aliphatic rings. The van der Waals surface area contributed by atoms with Crippen molar-refractivity contribution in [2.75, 3.05) is 13.1 Å². The van der Waals surface area contributed by atoms with Crippen LogP contribution in [0.3, 0.4) is 0 Å². The fourth-order valence-corrected chi connectivity index (χ4v) is 0.843. The number of urea groups is 1. The molecule has 52 valence electrons. The highest BCUT2D eigenvalue weighted by atomic mass is 16.3. The first-order valence-electron chi connectivity index (χ1n) is 2.94. The SMILES string of the molecule is CC(O)N1CCNC1=O. The molecule has 1 unspecified atom stereocenters. The summed E-state index contributed by atoms with van der Waals surface area (Å²) in [5, 5.41) is 11.5. The van der Waals surface area contributed by atoms with E-state index in [-0.39, 0.29) is 6.03 Å². The van der Waals surface area contributed by atoms with Gasteiger partial charge in [0.05, 0.1) is 0 Å². The van der Waals surface area contributed by atoms with Gasteiger partial charge in [0.2, 0.25) is 0 Å². The Morgan fingerprint density at radius 1 is 1.89 bits per heavy atom. The smallest absolute Gasteiger partial charge is 0.319 e. The fraction of sp³-hybridized carbons (Fsp3) is 0.800. The summed E-state index contributed by atoms with van der Waals surface area (Å²) in [6.07, 6.45) is -0.660. The van der Waals surface area contributed by atoms with Crippen LogP contribution in [0.25, 0.3) is 0 Å². The van der Waals surface area contributed by atoms with Crippen LogP contribution in [0.15, 0.2) is 0 Å². The van der Waals surface area contributed by atoms with Gasteiger partial charge in [-0.2, -0.15) is 0 Å². The number of nitrogens with zero attached hydrogens (tertiary/aromatic N) is 1. The summed E-state index contributed by atoms with van der Waals surface area (Å²) in [5.74, 6) is 0. The maximum atomic E-state index is 10.7. The second kappa shape index (κ2) is 2.23. The minimum Gasteiger partial charge on any atom is -0.374 e. The molecule has 1 heterocycles. The Kier molecular flexibility index (Phi) is 1.57. The minimum absolute atomic E-state index is 0.176. The molecule has 2 N–H and O–H groups in total. The zero-order valence-corrected chi connectivity index (χ0v) is 5.29. The number of rotatable bonds is 1. The Morgan fingerprint density at radius 2 is 2.56 bits per heavy atom. The van der Waals surface area contributed by atoms with E-state index in [1.165, 1.54) is 4.90 Å².